The smallest absolute Gasteiger partial charge is 0.227 e. The highest BCUT2D eigenvalue weighted by Gasteiger charge is 2.34. The molecule has 0 saturated carbocycles. The van der Waals surface area contributed by atoms with Crippen molar-refractivity contribution in [3.63, 3.8) is 0 Å². The third-order valence-electron chi connectivity index (χ3n) is 6.15. The number of hydrogen-bond donors (Lipinski definition) is 1. The van der Waals surface area contributed by atoms with Gasteiger partial charge in [0.05, 0.1) is 31.8 Å². The van der Waals surface area contributed by atoms with Crippen LogP contribution in [0.5, 0.6) is 5.75 Å². The van der Waals surface area contributed by atoms with E-state index in [1.54, 1.807) is 18.9 Å². The number of methoxy groups -OCH3 is 1. The molecule has 2 amide bonds. The second-order valence-corrected chi connectivity index (χ2v) is 8.07. The normalized spacial score (nSPS) is 18.0. The second-order valence-electron chi connectivity index (χ2n) is 8.07. The van der Waals surface area contributed by atoms with Gasteiger partial charge in [0.1, 0.15) is 11.6 Å². The first kappa shape index (κ1) is 21.1. The molecule has 1 atom stereocenters. The van der Waals surface area contributed by atoms with Gasteiger partial charge in [0.2, 0.25) is 11.8 Å². The molecular weight excluding hydrogens is 394 g/mol. The van der Waals surface area contributed by atoms with Crippen molar-refractivity contribution in [3.05, 3.63) is 46.9 Å². The predicted molar refractivity (Wildman–Crippen MR) is 117 cm³/mol. The van der Waals surface area contributed by atoms with E-state index in [0.717, 1.165) is 47.7 Å². The number of fused-ring (bicyclic) bond motifs is 1. The summed E-state index contributed by atoms with van der Waals surface area (Å²) >= 11 is 0. The van der Waals surface area contributed by atoms with Crippen molar-refractivity contribution in [2.75, 3.05) is 32.6 Å². The Morgan fingerprint density at radius 3 is 2.65 bits per heavy atom. The van der Waals surface area contributed by atoms with Crippen molar-refractivity contribution in [1.82, 2.24) is 19.8 Å². The number of benzene rings is 1. The molecule has 31 heavy (non-hydrogen) atoms. The van der Waals surface area contributed by atoms with Crippen LogP contribution in [0.3, 0.4) is 0 Å². The van der Waals surface area contributed by atoms with Crippen LogP contribution in [-0.4, -0.2) is 58.8 Å². The molecule has 0 aliphatic carbocycles. The van der Waals surface area contributed by atoms with Gasteiger partial charge in [0, 0.05) is 32.6 Å². The fraction of sp³-hybridized carbons (Fsp3) is 0.478. The number of amides is 2. The average molecular weight is 424 g/mol. The lowest BCUT2D eigenvalue weighted by Crippen LogP contribution is -2.37. The van der Waals surface area contributed by atoms with Gasteiger partial charge < -0.3 is 19.9 Å². The summed E-state index contributed by atoms with van der Waals surface area (Å²) in [7, 11) is 3.48. The number of anilines is 1. The monoisotopic (exact) mass is 423 g/mol. The summed E-state index contributed by atoms with van der Waals surface area (Å²) in [5.41, 5.74) is 2.90. The van der Waals surface area contributed by atoms with Crippen LogP contribution in [0, 0.1) is 0 Å². The van der Waals surface area contributed by atoms with Gasteiger partial charge in [-0.1, -0.05) is 12.1 Å². The highest BCUT2D eigenvalue weighted by atomic mass is 16.5. The third-order valence-corrected chi connectivity index (χ3v) is 6.15. The molecule has 1 saturated heterocycles. The van der Waals surface area contributed by atoms with Gasteiger partial charge in [-0.15, -0.1) is 0 Å². The lowest BCUT2D eigenvalue weighted by molar-refractivity contribution is -0.131. The number of ether oxygens (including phenoxy) is 1. The third kappa shape index (κ3) is 4.33. The second kappa shape index (κ2) is 8.91. The first-order chi connectivity index (χ1) is 15.0. The van der Waals surface area contributed by atoms with E-state index in [9.17, 15) is 9.59 Å². The minimum Gasteiger partial charge on any atom is -0.497 e. The fourth-order valence-electron chi connectivity index (χ4n) is 4.43. The molecule has 3 heterocycles. The number of likely N-dealkylation sites (tertiary alicyclic amines) is 1. The summed E-state index contributed by atoms with van der Waals surface area (Å²) in [5, 5.41) is 3.19. The van der Waals surface area contributed by atoms with Crippen molar-refractivity contribution >= 4 is 17.6 Å². The molecule has 8 heteroatoms. The fourth-order valence-corrected chi connectivity index (χ4v) is 4.43. The highest BCUT2D eigenvalue weighted by Crippen LogP contribution is 2.33. The topological polar surface area (TPSA) is 87.7 Å². The van der Waals surface area contributed by atoms with E-state index in [0.29, 0.717) is 31.9 Å². The predicted octanol–water partition coefficient (Wildman–Crippen LogP) is 2.34. The molecule has 4 rings (SSSR count). The maximum absolute atomic E-state index is 13.1. The van der Waals surface area contributed by atoms with E-state index in [4.69, 9.17) is 14.7 Å². The number of hydrogen-bond acceptors (Lipinski definition) is 6. The van der Waals surface area contributed by atoms with Gasteiger partial charge >= 0.3 is 0 Å². The molecule has 1 fully saturated rings. The van der Waals surface area contributed by atoms with Crippen molar-refractivity contribution in [1.29, 1.82) is 0 Å². The van der Waals surface area contributed by atoms with E-state index in [1.807, 2.05) is 36.2 Å². The molecular formula is C23H29N5O3. The Kier molecular flexibility index (Phi) is 6.06. The van der Waals surface area contributed by atoms with Crippen molar-refractivity contribution in [2.45, 2.75) is 45.2 Å². The van der Waals surface area contributed by atoms with Gasteiger partial charge in [0.15, 0.2) is 5.82 Å². The Labute approximate surface area is 182 Å². The zero-order valence-corrected chi connectivity index (χ0v) is 18.4. The molecule has 2 aliphatic heterocycles. The van der Waals surface area contributed by atoms with Crippen LogP contribution >= 0.6 is 0 Å². The highest BCUT2D eigenvalue weighted by molar-refractivity contribution is 5.79. The molecule has 1 unspecified atom stereocenters. The largest absolute Gasteiger partial charge is 0.497 e. The Balaban J connectivity index is 1.57. The average Bonchev–Trinajstić information content (AvgIpc) is 3.28. The number of carbonyl (C=O) groups is 2. The van der Waals surface area contributed by atoms with E-state index in [2.05, 4.69) is 5.32 Å². The Morgan fingerprint density at radius 1 is 1.19 bits per heavy atom. The van der Waals surface area contributed by atoms with Crippen molar-refractivity contribution in [2.24, 2.45) is 0 Å². The zero-order valence-electron chi connectivity index (χ0n) is 18.4. The Bertz CT molecular complexity index is 976. The van der Waals surface area contributed by atoms with Crippen molar-refractivity contribution in [3.8, 4) is 5.75 Å². The van der Waals surface area contributed by atoms with E-state index >= 15 is 0 Å². The minimum atomic E-state index is -0.143. The van der Waals surface area contributed by atoms with Crippen molar-refractivity contribution < 1.29 is 14.3 Å². The molecule has 0 bridgehead atoms. The summed E-state index contributed by atoms with van der Waals surface area (Å²) < 4.78 is 5.20. The van der Waals surface area contributed by atoms with Crippen LogP contribution in [0.2, 0.25) is 0 Å². The molecule has 8 nitrogen and oxygen atoms in total. The zero-order chi connectivity index (χ0) is 22.0. The van der Waals surface area contributed by atoms with Crippen LogP contribution in [0.15, 0.2) is 24.3 Å². The van der Waals surface area contributed by atoms with Gasteiger partial charge in [-0.2, -0.15) is 0 Å². The number of aromatic nitrogens is 2. The summed E-state index contributed by atoms with van der Waals surface area (Å²) in [6.45, 7) is 3.45. The number of nitrogens with one attached hydrogen (secondary N) is 1. The molecule has 164 valence electrons. The summed E-state index contributed by atoms with van der Waals surface area (Å²) in [6, 6.07) is 7.45. The molecule has 0 spiro atoms. The Morgan fingerprint density at radius 2 is 1.97 bits per heavy atom. The lowest BCUT2D eigenvalue weighted by Gasteiger charge is -2.30. The van der Waals surface area contributed by atoms with Gasteiger partial charge in [-0.25, -0.2) is 9.97 Å². The molecule has 1 aromatic heterocycles. The molecule has 2 aromatic rings. The van der Waals surface area contributed by atoms with Crippen LogP contribution in [-0.2, 0) is 29.0 Å². The maximum atomic E-state index is 13.1. The maximum Gasteiger partial charge on any atom is 0.227 e. The first-order valence-corrected chi connectivity index (χ1v) is 10.8. The standard InChI is InChI=1S/C23H29N5O3/c1-15(29)27-12-10-18-19(14-27)25-23(26-22(18)24-2)20-5-4-11-28(20)21(30)13-16-6-8-17(31-3)9-7-16/h6-9,20H,4-5,10-14H2,1-3H3,(H,24,25,26). The minimum absolute atomic E-state index is 0.0500. The Hall–Kier alpha value is -3.16. The van der Waals surface area contributed by atoms with E-state index in [-0.39, 0.29) is 17.9 Å². The van der Waals surface area contributed by atoms with Gasteiger partial charge in [-0.3, -0.25) is 9.59 Å². The van der Waals surface area contributed by atoms with E-state index < -0.39 is 0 Å². The summed E-state index contributed by atoms with van der Waals surface area (Å²) in [5.74, 6) is 2.36. The molecule has 2 aliphatic rings. The quantitative estimate of drug-likeness (QED) is 0.794. The number of nitrogens with zero attached hydrogens (tertiary/aromatic N) is 4. The molecule has 1 aromatic carbocycles. The van der Waals surface area contributed by atoms with Crippen LogP contribution in [0.4, 0.5) is 5.82 Å². The molecule has 0 radical (unpaired) electrons. The first-order valence-electron chi connectivity index (χ1n) is 10.8. The van der Waals surface area contributed by atoms with E-state index in [1.165, 1.54) is 0 Å². The number of rotatable bonds is 5. The molecule has 1 N–H and O–H groups in total. The number of carbonyl (C=O) groups excluding carboxylic acids is 2. The summed E-state index contributed by atoms with van der Waals surface area (Å²) in [6.07, 6.45) is 2.83. The van der Waals surface area contributed by atoms with Gasteiger partial charge in [0.25, 0.3) is 0 Å². The van der Waals surface area contributed by atoms with Crippen LogP contribution in [0.25, 0.3) is 0 Å². The van der Waals surface area contributed by atoms with Crippen LogP contribution < -0.4 is 10.1 Å². The van der Waals surface area contributed by atoms with Crippen LogP contribution in [0.1, 0.15) is 48.5 Å². The summed E-state index contributed by atoms with van der Waals surface area (Å²) in [4.78, 5) is 38.3. The van der Waals surface area contributed by atoms with Gasteiger partial charge in [-0.05, 0) is 37.0 Å². The lowest BCUT2D eigenvalue weighted by atomic mass is 10.0. The SMILES string of the molecule is CNc1nc(C2CCCN2C(=O)Cc2ccc(OC)cc2)nc2c1CCN(C(C)=O)C2.